The van der Waals surface area contributed by atoms with E-state index in [0.717, 1.165) is 11.3 Å². The second kappa shape index (κ2) is 3.65. The van der Waals surface area contributed by atoms with Crippen LogP contribution in [0.25, 0.3) is 0 Å². The first-order valence-corrected chi connectivity index (χ1v) is 3.28. The zero-order valence-electron chi connectivity index (χ0n) is 6.41. The summed E-state index contributed by atoms with van der Waals surface area (Å²) in [4.78, 5) is 7.57. The average molecular weight is 150 g/mol. The number of hydrazone groups is 1. The van der Waals surface area contributed by atoms with Crippen molar-refractivity contribution in [1.82, 2.24) is 5.43 Å². The molecule has 1 rings (SSSR count). The minimum atomic E-state index is 0.661. The van der Waals surface area contributed by atoms with E-state index >= 15 is 0 Å². The van der Waals surface area contributed by atoms with Gasteiger partial charge in [-0.25, -0.2) is 4.99 Å². The van der Waals surface area contributed by atoms with E-state index in [-0.39, 0.29) is 0 Å². The van der Waals surface area contributed by atoms with Crippen LogP contribution in [0.15, 0.2) is 26.4 Å². The molecule has 0 bridgehead atoms. The van der Waals surface area contributed by atoms with E-state index in [1.54, 1.807) is 6.21 Å². The Balaban J connectivity index is 2.75. The standard InChI is InChI=1S/C7H10N4/c1-6-3-10-11-4-7(6)9-5-8-2/h3,5,11H,2,4H2,1H3. The molecule has 0 aliphatic carbocycles. The molecule has 0 aromatic carbocycles. The predicted molar refractivity (Wildman–Crippen MR) is 47.2 cm³/mol. The SMILES string of the molecule is C=NC=NC1=C(C)C=NNC1. The summed E-state index contributed by atoms with van der Waals surface area (Å²) < 4.78 is 0. The fourth-order valence-corrected chi connectivity index (χ4v) is 0.735. The van der Waals surface area contributed by atoms with Crippen molar-refractivity contribution >= 4 is 19.3 Å². The number of rotatable bonds is 2. The molecule has 11 heavy (non-hydrogen) atoms. The zero-order chi connectivity index (χ0) is 8.10. The molecule has 0 atom stereocenters. The van der Waals surface area contributed by atoms with Gasteiger partial charge in [-0.3, -0.25) is 4.99 Å². The highest BCUT2D eigenvalue weighted by Crippen LogP contribution is 2.04. The van der Waals surface area contributed by atoms with Crippen molar-refractivity contribution in [3.8, 4) is 0 Å². The molecule has 0 radical (unpaired) electrons. The van der Waals surface area contributed by atoms with Gasteiger partial charge in [0.05, 0.1) is 18.5 Å². The second-order valence-corrected chi connectivity index (χ2v) is 2.15. The minimum absolute atomic E-state index is 0.661. The second-order valence-electron chi connectivity index (χ2n) is 2.15. The fraction of sp³-hybridized carbons (Fsp3) is 0.286. The zero-order valence-corrected chi connectivity index (χ0v) is 6.41. The number of allylic oxidation sites excluding steroid dienone is 1. The van der Waals surface area contributed by atoms with Crippen molar-refractivity contribution < 1.29 is 0 Å². The lowest BCUT2D eigenvalue weighted by atomic mass is 10.2. The van der Waals surface area contributed by atoms with Crippen LogP contribution in [0.5, 0.6) is 0 Å². The van der Waals surface area contributed by atoms with Gasteiger partial charge in [0.1, 0.15) is 6.34 Å². The van der Waals surface area contributed by atoms with Gasteiger partial charge in [-0.2, -0.15) is 5.10 Å². The number of nitrogens with zero attached hydrogens (tertiary/aromatic N) is 3. The van der Waals surface area contributed by atoms with Gasteiger partial charge in [-0.1, -0.05) is 0 Å². The maximum absolute atomic E-state index is 4.05. The van der Waals surface area contributed by atoms with Gasteiger partial charge in [0.25, 0.3) is 0 Å². The molecule has 1 aliphatic rings. The molecular weight excluding hydrogens is 140 g/mol. The van der Waals surface area contributed by atoms with Crippen LogP contribution in [0.1, 0.15) is 6.92 Å². The largest absolute Gasteiger partial charge is 0.304 e. The summed E-state index contributed by atoms with van der Waals surface area (Å²) in [6.07, 6.45) is 3.17. The number of hydrogen-bond donors (Lipinski definition) is 1. The summed E-state index contributed by atoms with van der Waals surface area (Å²) in [6, 6.07) is 0. The van der Waals surface area contributed by atoms with Gasteiger partial charge >= 0.3 is 0 Å². The van der Waals surface area contributed by atoms with E-state index < -0.39 is 0 Å². The highest BCUT2D eigenvalue weighted by atomic mass is 15.3. The van der Waals surface area contributed by atoms with E-state index in [2.05, 4.69) is 27.2 Å². The first-order chi connectivity index (χ1) is 5.34. The molecule has 0 saturated heterocycles. The van der Waals surface area contributed by atoms with Crippen molar-refractivity contribution in [2.45, 2.75) is 6.92 Å². The van der Waals surface area contributed by atoms with Crippen LogP contribution in [0.2, 0.25) is 0 Å². The number of hydrogen-bond acceptors (Lipinski definition) is 3. The van der Waals surface area contributed by atoms with Gasteiger partial charge in [0.15, 0.2) is 0 Å². The van der Waals surface area contributed by atoms with E-state index in [1.165, 1.54) is 6.34 Å². The molecule has 0 fully saturated rings. The number of aliphatic imine (C=N–C) groups is 2. The van der Waals surface area contributed by atoms with Gasteiger partial charge in [0.2, 0.25) is 0 Å². The van der Waals surface area contributed by atoms with Crippen molar-refractivity contribution in [2.75, 3.05) is 6.54 Å². The molecule has 58 valence electrons. The van der Waals surface area contributed by atoms with E-state index in [1.807, 2.05) is 6.92 Å². The van der Waals surface area contributed by atoms with Crippen molar-refractivity contribution in [3.05, 3.63) is 11.3 Å². The Morgan fingerprint density at radius 2 is 2.64 bits per heavy atom. The smallest absolute Gasteiger partial charge is 0.114 e. The fourth-order valence-electron chi connectivity index (χ4n) is 0.735. The van der Waals surface area contributed by atoms with E-state index in [9.17, 15) is 0 Å². The minimum Gasteiger partial charge on any atom is -0.304 e. The summed E-state index contributed by atoms with van der Waals surface area (Å²) in [6.45, 7) is 5.91. The highest BCUT2D eigenvalue weighted by Gasteiger charge is 2.01. The summed E-state index contributed by atoms with van der Waals surface area (Å²) in [7, 11) is 0. The van der Waals surface area contributed by atoms with Crippen LogP contribution in [0.3, 0.4) is 0 Å². The van der Waals surface area contributed by atoms with Crippen LogP contribution in [-0.4, -0.2) is 25.8 Å². The molecule has 0 aromatic heterocycles. The third kappa shape index (κ3) is 2.00. The Hall–Kier alpha value is -1.45. The monoisotopic (exact) mass is 150 g/mol. The molecule has 1 N–H and O–H groups in total. The van der Waals surface area contributed by atoms with Crippen molar-refractivity contribution in [2.24, 2.45) is 15.1 Å². The third-order valence-electron chi connectivity index (χ3n) is 1.35. The molecule has 0 amide bonds. The highest BCUT2D eigenvalue weighted by molar-refractivity contribution is 5.80. The van der Waals surface area contributed by atoms with Crippen LogP contribution in [0.4, 0.5) is 0 Å². The first-order valence-electron chi connectivity index (χ1n) is 3.28. The Kier molecular flexibility index (Phi) is 2.54. The summed E-state index contributed by atoms with van der Waals surface area (Å²) in [5.41, 5.74) is 4.82. The molecule has 1 aliphatic heterocycles. The molecule has 4 nitrogen and oxygen atoms in total. The Morgan fingerprint density at radius 3 is 3.27 bits per heavy atom. The topological polar surface area (TPSA) is 49.1 Å². The normalized spacial score (nSPS) is 17.2. The summed E-state index contributed by atoms with van der Waals surface area (Å²) >= 11 is 0. The summed E-state index contributed by atoms with van der Waals surface area (Å²) in [5, 5.41) is 3.86. The van der Waals surface area contributed by atoms with Crippen molar-refractivity contribution in [3.63, 3.8) is 0 Å². The molecular formula is C7H10N4. The molecule has 0 saturated carbocycles. The Labute approximate surface area is 65.4 Å². The third-order valence-corrected chi connectivity index (χ3v) is 1.35. The lowest BCUT2D eigenvalue weighted by Gasteiger charge is -2.08. The van der Waals surface area contributed by atoms with E-state index in [0.29, 0.717) is 6.54 Å². The van der Waals surface area contributed by atoms with Crippen LogP contribution < -0.4 is 5.43 Å². The summed E-state index contributed by atoms with van der Waals surface area (Å²) in [5.74, 6) is 0. The van der Waals surface area contributed by atoms with Crippen LogP contribution in [-0.2, 0) is 0 Å². The molecule has 0 spiro atoms. The molecule has 0 unspecified atom stereocenters. The average Bonchev–Trinajstić information content (AvgIpc) is 2.03. The quantitative estimate of drug-likeness (QED) is 0.454. The van der Waals surface area contributed by atoms with E-state index in [4.69, 9.17) is 0 Å². The van der Waals surface area contributed by atoms with Gasteiger partial charge in [0, 0.05) is 0 Å². The molecule has 1 heterocycles. The van der Waals surface area contributed by atoms with Gasteiger partial charge in [-0.15, -0.1) is 0 Å². The lowest BCUT2D eigenvalue weighted by Crippen LogP contribution is -2.15. The molecule has 4 heteroatoms. The molecule has 0 aromatic rings. The van der Waals surface area contributed by atoms with Gasteiger partial charge in [-0.05, 0) is 19.2 Å². The Bertz CT molecular complexity index is 237. The van der Waals surface area contributed by atoms with Crippen LogP contribution >= 0.6 is 0 Å². The lowest BCUT2D eigenvalue weighted by molar-refractivity contribution is 0.779. The number of nitrogens with one attached hydrogen (secondary N) is 1. The van der Waals surface area contributed by atoms with Gasteiger partial charge < -0.3 is 5.43 Å². The van der Waals surface area contributed by atoms with Crippen LogP contribution in [0, 0.1) is 0 Å². The van der Waals surface area contributed by atoms with Crippen molar-refractivity contribution in [1.29, 1.82) is 0 Å². The maximum atomic E-state index is 4.05. The first kappa shape index (κ1) is 7.65. The Morgan fingerprint density at radius 1 is 1.82 bits per heavy atom. The maximum Gasteiger partial charge on any atom is 0.114 e. The predicted octanol–water partition coefficient (Wildman–Crippen LogP) is 0.578.